The molecule has 152 valence electrons. The number of rotatable bonds is 5. The number of aromatic nitrogens is 4. The lowest BCUT2D eigenvalue weighted by Crippen LogP contribution is -2.03. The van der Waals surface area contributed by atoms with Crippen molar-refractivity contribution in [3.8, 4) is 11.6 Å². The molecule has 10 heteroatoms. The number of thiazole rings is 1. The van der Waals surface area contributed by atoms with E-state index in [-0.39, 0.29) is 17.4 Å². The van der Waals surface area contributed by atoms with Gasteiger partial charge in [-0.3, -0.25) is 10.1 Å². The van der Waals surface area contributed by atoms with Crippen LogP contribution in [0.4, 0.5) is 16.6 Å². The first-order chi connectivity index (χ1) is 15.1. The molecule has 2 aromatic carbocycles. The lowest BCUT2D eigenvalue weighted by atomic mass is 10.2. The Balaban J connectivity index is 1.56. The topological polar surface area (TPSA) is 116 Å². The summed E-state index contributed by atoms with van der Waals surface area (Å²) in [5.41, 5.74) is 1.81. The van der Waals surface area contributed by atoms with E-state index in [4.69, 9.17) is 4.74 Å². The zero-order chi connectivity index (χ0) is 21.4. The molecule has 3 aromatic heterocycles. The van der Waals surface area contributed by atoms with Gasteiger partial charge in [0.1, 0.15) is 11.8 Å². The lowest BCUT2D eigenvalue weighted by Gasteiger charge is -2.10. The Morgan fingerprint density at radius 1 is 1.03 bits per heavy atom. The summed E-state index contributed by atoms with van der Waals surface area (Å²) in [6.07, 6.45) is 1.21. The van der Waals surface area contributed by atoms with Crippen molar-refractivity contribution in [1.29, 1.82) is 0 Å². The molecule has 0 bridgehead atoms. The van der Waals surface area contributed by atoms with E-state index in [0.717, 1.165) is 21.3 Å². The summed E-state index contributed by atoms with van der Waals surface area (Å²) in [7, 11) is 0. The minimum absolute atomic E-state index is 0.00145. The van der Waals surface area contributed by atoms with Crippen LogP contribution in [0.2, 0.25) is 0 Å². The molecule has 0 amide bonds. The quantitative estimate of drug-likeness (QED) is 0.291. The molecule has 0 aliphatic carbocycles. The van der Waals surface area contributed by atoms with Crippen LogP contribution in [-0.2, 0) is 0 Å². The first kappa shape index (κ1) is 18.8. The van der Waals surface area contributed by atoms with Crippen LogP contribution in [0, 0.1) is 17.0 Å². The lowest BCUT2D eigenvalue weighted by molar-refractivity contribution is -0.385. The molecule has 0 saturated carbocycles. The van der Waals surface area contributed by atoms with Gasteiger partial charge in [0.05, 0.1) is 15.1 Å². The normalized spacial score (nSPS) is 11.0. The van der Waals surface area contributed by atoms with Gasteiger partial charge < -0.3 is 10.1 Å². The third-order valence-electron chi connectivity index (χ3n) is 4.52. The second-order valence-electron chi connectivity index (χ2n) is 6.63. The number of para-hydroxylation sites is 2. The third kappa shape index (κ3) is 3.60. The number of aryl methyl sites for hydroxylation is 1. The molecule has 9 nitrogen and oxygen atoms in total. The number of benzene rings is 2. The minimum atomic E-state index is -0.575. The van der Waals surface area contributed by atoms with Gasteiger partial charge in [0.15, 0.2) is 10.9 Å². The van der Waals surface area contributed by atoms with Gasteiger partial charge in [0.2, 0.25) is 5.82 Å². The van der Waals surface area contributed by atoms with Crippen molar-refractivity contribution in [1.82, 2.24) is 19.9 Å². The van der Waals surface area contributed by atoms with E-state index in [1.54, 1.807) is 12.1 Å². The molecule has 5 rings (SSSR count). The average molecular weight is 430 g/mol. The van der Waals surface area contributed by atoms with Gasteiger partial charge in [-0.25, -0.2) is 15.0 Å². The van der Waals surface area contributed by atoms with Gasteiger partial charge >= 0.3 is 11.6 Å². The van der Waals surface area contributed by atoms with Crippen LogP contribution >= 0.6 is 11.3 Å². The summed E-state index contributed by atoms with van der Waals surface area (Å²) in [5, 5.41) is 16.2. The van der Waals surface area contributed by atoms with Crippen LogP contribution in [0.15, 0.2) is 60.9 Å². The van der Waals surface area contributed by atoms with Crippen molar-refractivity contribution in [2.24, 2.45) is 0 Å². The largest absolute Gasteiger partial charge is 0.431 e. The monoisotopic (exact) mass is 430 g/mol. The smallest absolute Gasteiger partial charge is 0.373 e. The number of anilines is 2. The highest BCUT2D eigenvalue weighted by molar-refractivity contribution is 7.22. The molecule has 0 saturated heterocycles. The maximum atomic E-state index is 11.9. The fourth-order valence-electron chi connectivity index (χ4n) is 3.12. The number of hydrogen-bond donors (Lipinski definition) is 1. The highest BCUT2D eigenvalue weighted by Crippen LogP contribution is 2.38. The summed E-state index contributed by atoms with van der Waals surface area (Å²) in [5.74, 6) is 0.187. The standard InChI is InChI=1S/C21H14N6O3S/c1-12-9-10-13-5-4-7-15(17(13)24-12)30-20-18(27(28)29)19(22-11-23-20)26-21-25-14-6-2-3-8-16(14)31-21/h2-11H,1H3,(H,22,23,25,26). The highest BCUT2D eigenvalue weighted by Gasteiger charge is 2.26. The molecule has 31 heavy (non-hydrogen) atoms. The minimum Gasteiger partial charge on any atom is -0.431 e. The van der Waals surface area contributed by atoms with Crippen LogP contribution in [0.1, 0.15) is 5.69 Å². The Morgan fingerprint density at radius 2 is 1.90 bits per heavy atom. The van der Waals surface area contributed by atoms with E-state index in [1.807, 2.05) is 49.4 Å². The van der Waals surface area contributed by atoms with E-state index < -0.39 is 4.92 Å². The van der Waals surface area contributed by atoms with E-state index >= 15 is 0 Å². The molecular formula is C21H14N6O3S. The second-order valence-corrected chi connectivity index (χ2v) is 7.66. The van der Waals surface area contributed by atoms with Crippen molar-refractivity contribution in [2.45, 2.75) is 6.92 Å². The van der Waals surface area contributed by atoms with Crippen LogP contribution in [0.25, 0.3) is 21.1 Å². The number of hydrogen-bond acceptors (Lipinski definition) is 9. The molecule has 3 heterocycles. The molecular weight excluding hydrogens is 416 g/mol. The van der Waals surface area contributed by atoms with Crippen LogP contribution in [0.3, 0.4) is 0 Å². The predicted molar refractivity (Wildman–Crippen MR) is 118 cm³/mol. The van der Waals surface area contributed by atoms with E-state index in [2.05, 4.69) is 25.3 Å². The molecule has 1 N–H and O–H groups in total. The number of nitrogens with one attached hydrogen (secondary N) is 1. The zero-order valence-electron chi connectivity index (χ0n) is 16.1. The maximum absolute atomic E-state index is 11.9. The van der Waals surface area contributed by atoms with Crippen LogP contribution < -0.4 is 10.1 Å². The first-order valence-electron chi connectivity index (χ1n) is 9.25. The van der Waals surface area contributed by atoms with Gasteiger partial charge in [0, 0.05) is 11.1 Å². The second kappa shape index (κ2) is 7.58. The zero-order valence-corrected chi connectivity index (χ0v) is 17.0. The Bertz CT molecular complexity index is 1420. The summed E-state index contributed by atoms with van der Waals surface area (Å²) < 4.78 is 6.82. The molecule has 0 aliphatic rings. The number of nitrogens with zero attached hydrogens (tertiary/aromatic N) is 5. The van der Waals surface area contributed by atoms with Crippen LogP contribution in [0.5, 0.6) is 11.6 Å². The summed E-state index contributed by atoms with van der Waals surface area (Å²) in [6.45, 7) is 1.86. The van der Waals surface area contributed by atoms with Gasteiger partial charge in [-0.15, -0.1) is 0 Å². The van der Waals surface area contributed by atoms with Gasteiger partial charge in [0.25, 0.3) is 0 Å². The molecule has 0 unspecified atom stereocenters. The molecule has 0 fully saturated rings. The van der Waals surface area contributed by atoms with Gasteiger partial charge in [-0.2, -0.15) is 4.98 Å². The highest BCUT2D eigenvalue weighted by atomic mass is 32.1. The van der Waals surface area contributed by atoms with Crippen LogP contribution in [-0.4, -0.2) is 24.9 Å². The SMILES string of the molecule is Cc1ccc2cccc(Oc3ncnc(Nc4nc5ccccc5s4)c3[N+](=O)[O-])c2n1. The molecule has 0 radical (unpaired) electrons. The molecule has 5 aromatic rings. The van der Waals surface area contributed by atoms with Crippen molar-refractivity contribution in [3.63, 3.8) is 0 Å². The number of ether oxygens (including phenoxy) is 1. The Labute approximate surface area is 179 Å². The fraction of sp³-hybridized carbons (Fsp3) is 0.0476. The number of fused-ring (bicyclic) bond motifs is 2. The summed E-state index contributed by atoms with van der Waals surface area (Å²) >= 11 is 1.37. The third-order valence-corrected chi connectivity index (χ3v) is 5.47. The van der Waals surface area contributed by atoms with E-state index in [1.165, 1.54) is 17.7 Å². The molecule has 0 spiro atoms. The predicted octanol–water partition coefficient (Wildman–Crippen LogP) is 5.39. The van der Waals surface area contributed by atoms with Crippen molar-refractivity contribution < 1.29 is 9.66 Å². The van der Waals surface area contributed by atoms with Gasteiger partial charge in [-0.05, 0) is 31.2 Å². The maximum Gasteiger partial charge on any atom is 0.373 e. The first-order valence-corrected chi connectivity index (χ1v) is 10.1. The fourth-order valence-corrected chi connectivity index (χ4v) is 3.99. The average Bonchev–Trinajstić information content (AvgIpc) is 3.16. The van der Waals surface area contributed by atoms with Crippen molar-refractivity contribution in [3.05, 3.63) is 76.7 Å². The van der Waals surface area contributed by atoms with E-state index in [0.29, 0.717) is 16.4 Å². The molecule has 0 atom stereocenters. The Morgan fingerprint density at radius 3 is 2.74 bits per heavy atom. The Kier molecular flexibility index (Phi) is 4.60. The number of nitro groups is 1. The summed E-state index contributed by atoms with van der Waals surface area (Å²) in [6, 6.07) is 16.8. The van der Waals surface area contributed by atoms with Crippen molar-refractivity contribution >= 4 is 49.1 Å². The van der Waals surface area contributed by atoms with Gasteiger partial charge in [-0.1, -0.05) is 41.7 Å². The number of pyridine rings is 1. The summed E-state index contributed by atoms with van der Waals surface area (Å²) in [4.78, 5) is 28.3. The van der Waals surface area contributed by atoms with Crippen molar-refractivity contribution in [2.75, 3.05) is 5.32 Å². The Hall–Kier alpha value is -4.18. The molecule has 0 aliphatic heterocycles. The van der Waals surface area contributed by atoms with E-state index in [9.17, 15) is 10.1 Å².